The van der Waals surface area contributed by atoms with E-state index in [-0.39, 0.29) is 0 Å². The second-order valence-electron chi connectivity index (χ2n) is 6.26. The predicted molar refractivity (Wildman–Crippen MR) is 86.8 cm³/mol. The van der Waals surface area contributed by atoms with Gasteiger partial charge in [0.2, 0.25) is 0 Å². The van der Waals surface area contributed by atoms with E-state index in [1.165, 1.54) is 37.7 Å². The number of hydrogen-bond donors (Lipinski definition) is 1. The average Bonchev–Trinajstić information content (AvgIpc) is 2.53. The molecule has 0 spiro atoms. The zero-order valence-electron chi connectivity index (χ0n) is 13.1. The molecule has 20 heavy (non-hydrogen) atoms. The van der Waals surface area contributed by atoms with Gasteiger partial charge in [-0.05, 0) is 50.8 Å². The Morgan fingerprint density at radius 2 is 1.90 bits per heavy atom. The van der Waals surface area contributed by atoms with Gasteiger partial charge in [-0.15, -0.1) is 0 Å². The van der Waals surface area contributed by atoms with Crippen molar-refractivity contribution < 1.29 is 0 Å². The van der Waals surface area contributed by atoms with Crippen molar-refractivity contribution in [1.29, 1.82) is 0 Å². The maximum atomic E-state index is 6.00. The van der Waals surface area contributed by atoms with Gasteiger partial charge in [0.1, 0.15) is 0 Å². The highest BCUT2D eigenvalue weighted by Crippen LogP contribution is 2.29. The third kappa shape index (κ3) is 3.83. The molecule has 1 aromatic rings. The molecule has 0 radical (unpaired) electrons. The Labute approximate surface area is 124 Å². The second-order valence-corrected chi connectivity index (χ2v) is 6.26. The van der Waals surface area contributed by atoms with Crippen molar-refractivity contribution in [2.24, 2.45) is 11.7 Å². The Balaban J connectivity index is 2.02. The topological polar surface area (TPSA) is 29.3 Å². The standard InChI is InChI=1S/C18H30N2/c1-3-17(13-15-9-5-4-6-10-15)20(2)18-12-8-7-11-16(18)14-19/h4-6,9-10,16-18H,3,7-8,11-14,19H2,1-2H3. The predicted octanol–water partition coefficient (Wildman–Crippen LogP) is 3.46. The summed E-state index contributed by atoms with van der Waals surface area (Å²) in [4.78, 5) is 2.63. The summed E-state index contributed by atoms with van der Waals surface area (Å²) in [6, 6.07) is 12.2. The molecule has 0 saturated heterocycles. The van der Waals surface area contributed by atoms with Gasteiger partial charge in [-0.3, -0.25) is 4.90 Å². The lowest BCUT2D eigenvalue weighted by Crippen LogP contribution is -2.48. The molecule has 112 valence electrons. The van der Waals surface area contributed by atoms with Crippen molar-refractivity contribution in [2.75, 3.05) is 13.6 Å². The summed E-state index contributed by atoms with van der Waals surface area (Å²) in [6.45, 7) is 3.15. The molecule has 1 aliphatic rings. The molecule has 0 amide bonds. The van der Waals surface area contributed by atoms with Crippen LogP contribution in [0.1, 0.15) is 44.6 Å². The Hall–Kier alpha value is -0.860. The van der Waals surface area contributed by atoms with Crippen molar-refractivity contribution in [3.05, 3.63) is 35.9 Å². The van der Waals surface area contributed by atoms with Gasteiger partial charge in [0.15, 0.2) is 0 Å². The smallest absolute Gasteiger partial charge is 0.0136 e. The first-order valence-corrected chi connectivity index (χ1v) is 8.22. The Morgan fingerprint density at radius 3 is 2.55 bits per heavy atom. The maximum Gasteiger partial charge on any atom is 0.0136 e. The fourth-order valence-corrected chi connectivity index (χ4v) is 3.73. The Kier molecular flexibility index (Phi) is 6.06. The van der Waals surface area contributed by atoms with Crippen molar-refractivity contribution in [2.45, 2.75) is 57.5 Å². The fraction of sp³-hybridized carbons (Fsp3) is 0.667. The van der Waals surface area contributed by atoms with Crippen LogP contribution in [0.5, 0.6) is 0 Å². The first-order valence-electron chi connectivity index (χ1n) is 8.22. The van der Waals surface area contributed by atoms with E-state index in [1.807, 2.05) is 0 Å². The van der Waals surface area contributed by atoms with Crippen LogP contribution in [0.15, 0.2) is 30.3 Å². The quantitative estimate of drug-likeness (QED) is 0.861. The van der Waals surface area contributed by atoms with Gasteiger partial charge in [-0.2, -0.15) is 0 Å². The number of nitrogens with two attached hydrogens (primary N) is 1. The van der Waals surface area contributed by atoms with Gasteiger partial charge in [0.25, 0.3) is 0 Å². The molecule has 1 aromatic carbocycles. The van der Waals surface area contributed by atoms with E-state index < -0.39 is 0 Å². The molecule has 0 aromatic heterocycles. The molecular weight excluding hydrogens is 244 g/mol. The van der Waals surface area contributed by atoms with Crippen LogP contribution >= 0.6 is 0 Å². The van der Waals surface area contributed by atoms with Gasteiger partial charge in [0.05, 0.1) is 0 Å². The summed E-state index contributed by atoms with van der Waals surface area (Å²) in [7, 11) is 2.32. The highest BCUT2D eigenvalue weighted by molar-refractivity contribution is 5.16. The van der Waals surface area contributed by atoms with Gasteiger partial charge in [0, 0.05) is 12.1 Å². The molecule has 2 nitrogen and oxygen atoms in total. The highest BCUT2D eigenvalue weighted by Gasteiger charge is 2.30. The van der Waals surface area contributed by atoms with Gasteiger partial charge in [-0.1, -0.05) is 50.1 Å². The van der Waals surface area contributed by atoms with Crippen LogP contribution in [0, 0.1) is 5.92 Å². The molecule has 0 aliphatic heterocycles. The van der Waals surface area contributed by atoms with Crippen LogP contribution in [0.25, 0.3) is 0 Å². The molecular formula is C18H30N2. The fourth-order valence-electron chi connectivity index (χ4n) is 3.73. The van der Waals surface area contributed by atoms with Crippen LogP contribution in [-0.2, 0) is 6.42 Å². The first-order chi connectivity index (χ1) is 9.76. The van der Waals surface area contributed by atoms with E-state index in [9.17, 15) is 0 Å². The van der Waals surface area contributed by atoms with E-state index >= 15 is 0 Å². The number of hydrogen-bond acceptors (Lipinski definition) is 2. The lowest BCUT2D eigenvalue weighted by molar-refractivity contribution is 0.0895. The van der Waals surface area contributed by atoms with Crippen LogP contribution in [-0.4, -0.2) is 30.6 Å². The molecule has 0 bridgehead atoms. The van der Waals surface area contributed by atoms with Gasteiger partial charge in [-0.25, -0.2) is 0 Å². The number of likely N-dealkylation sites (N-methyl/N-ethyl adjacent to an activating group) is 1. The molecule has 1 aliphatic carbocycles. The van der Waals surface area contributed by atoms with E-state index in [1.54, 1.807) is 0 Å². The van der Waals surface area contributed by atoms with Crippen LogP contribution in [0.4, 0.5) is 0 Å². The molecule has 3 atom stereocenters. The van der Waals surface area contributed by atoms with Crippen molar-refractivity contribution in [1.82, 2.24) is 4.90 Å². The summed E-state index contributed by atoms with van der Waals surface area (Å²) in [6.07, 6.45) is 7.73. The number of rotatable bonds is 6. The minimum atomic E-state index is 0.634. The zero-order chi connectivity index (χ0) is 14.4. The van der Waals surface area contributed by atoms with E-state index in [2.05, 4.69) is 49.2 Å². The number of nitrogens with zero attached hydrogens (tertiary/aromatic N) is 1. The monoisotopic (exact) mass is 274 g/mol. The first kappa shape index (κ1) is 15.5. The van der Waals surface area contributed by atoms with E-state index in [0.29, 0.717) is 18.0 Å². The van der Waals surface area contributed by atoms with Crippen molar-refractivity contribution >= 4 is 0 Å². The third-order valence-electron chi connectivity index (χ3n) is 5.06. The summed E-state index contributed by atoms with van der Waals surface area (Å²) in [5.74, 6) is 0.693. The molecule has 2 N–H and O–H groups in total. The van der Waals surface area contributed by atoms with Gasteiger partial charge < -0.3 is 5.73 Å². The van der Waals surface area contributed by atoms with Crippen LogP contribution in [0.3, 0.4) is 0 Å². The number of benzene rings is 1. The molecule has 1 fully saturated rings. The van der Waals surface area contributed by atoms with Gasteiger partial charge >= 0.3 is 0 Å². The molecule has 2 heteroatoms. The largest absolute Gasteiger partial charge is 0.330 e. The minimum absolute atomic E-state index is 0.634. The normalized spacial score (nSPS) is 24.8. The van der Waals surface area contributed by atoms with Crippen molar-refractivity contribution in [3.8, 4) is 0 Å². The van der Waals surface area contributed by atoms with Crippen molar-refractivity contribution in [3.63, 3.8) is 0 Å². The summed E-state index contributed by atoms with van der Waals surface area (Å²) < 4.78 is 0. The highest BCUT2D eigenvalue weighted by atomic mass is 15.2. The Bertz CT molecular complexity index is 376. The second kappa shape index (κ2) is 7.80. The maximum absolute atomic E-state index is 6.00. The third-order valence-corrected chi connectivity index (χ3v) is 5.06. The SMILES string of the molecule is CCC(Cc1ccccc1)N(C)C1CCCCC1CN. The summed E-state index contributed by atoms with van der Waals surface area (Å²) >= 11 is 0. The summed E-state index contributed by atoms with van der Waals surface area (Å²) in [5, 5.41) is 0. The Morgan fingerprint density at radius 1 is 1.20 bits per heavy atom. The van der Waals surface area contributed by atoms with E-state index in [0.717, 1.165) is 13.0 Å². The van der Waals surface area contributed by atoms with E-state index in [4.69, 9.17) is 5.73 Å². The zero-order valence-corrected chi connectivity index (χ0v) is 13.1. The lowest BCUT2D eigenvalue weighted by atomic mass is 9.82. The minimum Gasteiger partial charge on any atom is -0.330 e. The van der Waals surface area contributed by atoms with Crippen LogP contribution in [0.2, 0.25) is 0 Å². The van der Waals surface area contributed by atoms with Crippen LogP contribution < -0.4 is 5.73 Å². The molecule has 2 rings (SSSR count). The molecule has 1 saturated carbocycles. The molecule has 0 heterocycles. The lowest BCUT2D eigenvalue weighted by Gasteiger charge is -2.41. The average molecular weight is 274 g/mol. The molecule has 3 unspecified atom stereocenters. The summed E-state index contributed by atoms with van der Waals surface area (Å²) in [5.41, 5.74) is 7.45.